The van der Waals surface area contributed by atoms with E-state index in [4.69, 9.17) is 5.26 Å². The minimum atomic E-state index is -0.181. The molecule has 1 saturated heterocycles. The summed E-state index contributed by atoms with van der Waals surface area (Å²) in [4.78, 5) is 25.0. The maximum atomic E-state index is 12.3. The van der Waals surface area contributed by atoms with E-state index in [0.717, 1.165) is 48.7 Å². The normalized spacial score (nSPS) is 16.1. The second-order valence-corrected chi connectivity index (χ2v) is 7.40. The minimum Gasteiger partial charge on any atom is -0.355 e. The molecule has 7 nitrogen and oxygen atoms in total. The maximum Gasteiger partial charge on any atom is 0.291 e. The first-order chi connectivity index (χ1) is 13.4. The number of carbonyl (C=O) groups excluding carboxylic acids is 1. The number of benzene rings is 1. The molecule has 0 unspecified atom stereocenters. The molecule has 1 atom stereocenters. The van der Waals surface area contributed by atoms with Gasteiger partial charge >= 0.3 is 0 Å². The standard InChI is InChI=1S/C21H26N6O/c1-14-15(2)24-19(21(28)26(3)4)25-20(14)27-10-9-18(13-27)23-12-17-7-5-16(11-22)6-8-17/h5-8,18,23H,9-10,12-13H2,1-4H3/t18-/m1/s1. The summed E-state index contributed by atoms with van der Waals surface area (Å²) in [6, 6.07) is 10.1. The first-order valence-electron chi connectivity index (χ1n) is 9.43. The molecule has 0 radical (unpaired) electrons. The Bertz CT molecular complexity index is 900. The van der Waals surface area contributed by atoms with Crippen LogP contribution in [0.2, 0.25) is 0 Å². The van der Waals surface area contributed by atoms with E-state index in [1.54, 1.807) is 14.1 Å². The molecular weight excluding hydrogens is 352 g/mol. The van der Waals surface area contributed by atoms with Gasteiger partial charge in [-0.15, -0.1) is 0 Å². The molecular formula is C21H26N6O. The third-order valence-electron chi connectivity index (χ3n) is 5.13. The van der Waals surface area contributed by atoms with E-state index in [1.807, 2.05) is 38.1 Å². The topological polar surface area (TPSA) is 85.2 Å². The van der Waals surface area contributed by atoms with Crippen LogP contribution in [0.15, 0.2) is 24.3 Å². The number of carbonyl (C=O) groups is 1. The molecule has 0 aliphatic carbocycles. The lowest BCUT2D eigenvalue weighted by Gasteiger charge is -2.22. The van der Waals surface area contributed by atoms with Crippen LogP contribution in [0.1, 0.15) is 39.4 Å². The highest BCUT2D eigenvalue weighted by Crippen LogP contribution is 2.24. The second kappa shape index (κ2) is 8.36. The van der Waals surface area contributed by atoms with Crippen molar-refractivity contribution < 1.29 is 4.79 Å². The first kappa shape index (κ1) is 19.8. The molecule has 1 N–H and O–H groups in total. The zero-order valence-corrected chi connectivity index (χ0v) is 16.9. The fourth-order valence-electron chi connectivity index (χ4n) is 3.30. The number of nitrogens with one attached hydrogen (secondary N) is 1. The smallest absolute Gasteiger partial charge is 0.291 e. The van der Waals surface area contributed by atoms with Gasteiger partial charge in [0.25, 0.3) is 5.91 Å². The minimum absolute atomic E-state index is 0.181. The van der Waals surface area contributed by atoms with E-state index < -0.39 is 0 Å². The molecule has 1 aromatic heterocycles. The van der Waals surface area contributed by atoms with Gasteiger partial charge in [0.1, 0.15) is 5.82 Å². The van der Waals surface area contributed by atoms with E-state index in [2.05, 4.69) is 26.3 Å². The van der Waals surface area contributed by atoms with Crippen molar-refractivity contribution in [2.75, 3.05) is 32.1 Å². The molecule has 2 aromatic rings. The van der Waals surface area contributed by atoms with Gasteiger partial charge < -0.3 is 15.1 Å². The lowest BCUT2D eigenvalue weighted by atomic mass is 10.1. The lowest BCUT2D eigenvalue weighted by Crippen LogP contribution is -2.33. The first-order valence-corrected chi connectivity index (χ1v) is 9.43. The van der Waals surface area contributed by atoms with Crippen LogP contribution < -0.4 is 10.2 Å². The van der Waals surface area contributed by atoms with Crippen molar-refractivity contribution in [2.24, 2.45) is 0 Å². The van der Waals surface area contributed by atoms with E-state index in [-0.39, 0.29) is 11.7 Å². The summed E-state index contributed by atoms with van der Waals surface area (Å²) in [6.45, 7) is 6.41. The molecule has 0 bridgehead atoms. The Kier molecular flexibility index (Phi) is 5.90. The molecule has 2 heterocycles. The van der Waals surface area contributed by atoms with Gasteiger partial charge in [0.05, 0.1) is 11.6 Å². The summed E-state index contributed by atoms with van der Waals surface area (Å²) in [5.74, 6) is 0.913. The summed E-state index contributed by atoms with van der Waals surface area (Å²) >= 11 is 0. The number of rotatable bonds is 5. The zero-order valence-electron chi connectivity index (χ0n) is 16.9. The van der Waals surface area contributed by atoms with Crippen LogP contribution in [0.5, 0.6) is 0 Å². The van der Waals surface area contributed by atoms with Crippen molar-refractivity contribution in [2.45, 2.75) is 32.9 Å². The molecule has 1 aliphatic rings. The van der Waals surface area contributed by atoms with Crippen molar-refractivity contribution in [1.29, 1.82) is 5.26 Å². The molecule has 146 valence electrons. The summed E-state index contributed by atoms with van der Waals surface area (Å²) in [5.41, 5.74) is 3.69. The number of nitrogens with zero attached hydrogens (tertiary/aromatic N) is 5. The summed E-state index contributed by atoms with van der Waals surface area (Å²) in [5, 5.41) is 12.5. The SMILES string of the molecule is Cc1nc(C(=O)N(C)C)nc(N2CC[C@@H](NCc3ccc(C#N)cc3)C2)c1C. The number of nitriles is 1. The van der Waals surface area contributed by atoms with Crippen molar-refractivity contribution >= 4 is 11.7 Å². The number of aryl methyl sites for hydroxylation is 1. The van der Waals surface area contributed by atoms with Gasteiger partial charge in [0.2, 0.25) is 5.82 Å². The molecule has 1 aromatic carbocycles. The maximum absolute atomic E-state index is 12.3. The van der Waals surface area contributed by atoms with E-state index in [9.17, 15) is 4.79 Å². The Balaban J connectivity index is 1.67. The highest BCUT2D eigenvalue weighted by molar-refractivity contribution is 5.90. The average Bonchev–Trinajstić information content (AvgIpc) is 3.16. The Hall–Kier alpha value is -2.98. The molecule has 7 heteroatoms. The van der Waals surface area contributed by atoms with Gasteiger partial charge in [0.15, 0.2) is 0 Å². The van der Waals surface area contributed by atoms with Crippen LogP contribution in [0.4, 0.5) is 5.82 Å². The van der Waals surface area contributed by atoms with Crippen molar-refractivity contribution in [3.05, 3.63) is 52.5 Å². The Morgan fingerprint density at radius 3 is 2.64 bits per heavy atom. The molecule has 28 heavy (non-hydrogen) atoms. The van der Waals surface area contributed by atoms with Crippen LogP contribution in [0.25, 0.3) is 0 Å². The predicted molar refractivity (Wildman–Crippen MR) is 108 cm³/mol. The van der Waals surface area contributed by atoms with Crippen LogP contribution in [-0.2, 0) is 6.54 Å². The number of aromatic nitrogens is 2. The average molecular weight is 378 g/mol. The Morgan fingerprint density at radius 1 is 1.29 bits per heavy atom. The number of hydrogen-bond donors (Lipinski definition) is 1. The molecule has 1 aliphatic heterocycles. The third-order valence-corrected chi connectivity index (χ3v) is 5.13. The third kappa shape index (κ3) is 4.29. The van der Waals surface area contributed by atoms with Crippen LogP contribution in [0.3, 0.4) is 0 Å². The summed E-state index contributed by atoms with van der Waals surface area (Å²) in [7, 11) is 3.42. The predicted octanol–water partition coefficient (Wildman–Crippen LogP) is 2.04. The van der Waals surface area contributed by atoms with E-state index in [0.29, 0.717) is 11.6 Å². The van der Waals surface area contributed by atoms with Crippen molar-refractivity contribution in [3.8, 4) is 6.07 Å². The fourth-order valence-corrected chi connectivity index (χ4v) is 3.30. The number of amides is 1. The molecule has 0 spiro atoms. The van der Waals surface area contributed by atoms with Gasteiger partial charge in [-0.05, 0) is 38.0 Å². The molecule has 1 fully saturated rings. The zero-order chi connectivity index (χ0) is 20.3. The molecule has 0 saturated carbocycles. The van der Waals surface area contributed by atoms with E-state index in [1.165, 1.54) is 4.90 Å². The van der Waals surface area contributed by atoms with Crippen molar-refractivity contribution in [3.63, 3.8) is 0 Å². The fraction of sp³-hybridized carbons (Fsp3) is 0.429. The van der Waals surface area contributed by atoms with Gasteiger partial charge in [-0.1, -0.05) is 12.1 Å². The molecule has 3 rings (SSSR count). The largest absolute Gasteiger partial charge is 0.355 e. The highest BCUT2D eigenvalue weighted by atomic mass is 16.2. The van der Waals surface area contributed by atoms with Crippen LogP contribution in [-0.4, -0.2) is 54.0 Å². The van der Waals surface area contributed by atoms with E-state index >= 15 is 0 Å². The molecule has 1 amide bonds. The van der Waals surface area contributed by atoms with Crippen molar-refractivity contribution in [1.82, 2.24) is 20.2 Å². The van der Waals surface area contributed by atoms with Gasteiger partial charge in [-0.3, -0.25) is 4.79 Å². The van der Waals surface area contributed by atoms with Gasteiger partial charge in [0, 0.05) is 51.0 Å². The van der Waals surface area contributed by atoms with Crippen LogP contribution >= 0.6 is 0 Å². The monoisotopic (exact) mass is 378 g/mol. The quantitative estimate of drug-likeness (QED) is 0.857. The van der Waals surface area contributed by atoms with Crippen LogP contribution in [0, 0.1) is 25.2 Å². The Morgan fingerprint density at radius 2 is 2.00 bits per heavy atom. The Labute approximate surface area is 166 Å². The van der Waals surface area contributed by atoms with Gasteiger partial charge in [-0.25, -0.2) is 9.97 Å². The summed E-state index contributed by atoms with van der Waals surface area (Å²) < 4.78 is 0. The number of anilines is 1. The van der Waals surface area contributed by atoms with Gasteiger partial charge in [-0.2, -0.15) is 5.26 Å². The second-order valence-electron chi connectivity index (χ2n) is 7.40. The lowest BCUT2D eigenvalue weighted by molar-refractivity contribution is 0.0815. The highest BCUT2D eigenvalue weighted by Gasteiger charge is 2.26. The summed E-state index contributed by atoms with van der Waals surface area (Å²) in [6.07, 6.45) is 1.01. The number of hydrogen-bond acceptors (Lipinski definition) is 6.